The minimum atomic E-state index is -0.833. The number of carbonyl (C=O) groups is 1. The van der Waals surface area contributed by atoms with Gasteiger partial charge >= 0.3 is 0 Å². The molecule has 0 saturated heterocycles. The lowest BCUT2D eigenvalue weighted by molar-refractivity contribution is -0.134. The Morgan fingerprint density at radius 1 is 1.00 bits per heavy atom. The maximum absolute atomic E-state index is 9.00. The van der Waals surface area contributed by atoms with Crippen LogP contribution in [-0.4, -0.2) is 19.7 Å². The lowest BCUT2D eigenvalue weighted by Crippen LogP contribution is -1.78. The minimum Gasteiger partial charge on any atom is -0.481 e. The van der Waals surface area contributed by atoms with Crippen LogP contribution in [0.25, 0.3) is 0 Å². The predicted molar refractivity (Wildman–Crippen MR) is 56.0 cm³/mol. The molecule has 0 aromatic rings. The second kappa shape index (κ2) is 14.7. The molecule has 0 amide bonds. The maximum atomic E-state index is 9.00. The lowest BCUT2D eigenvalue weighted by atomic mass is 10.9. The standard InChI is InChI=1S/C2H4O2.2CHCl3/c1-2(3)4;2*2-1(3)4/h1H3,(H,3,4);2*1H. The summed E-state index contributed by atoms with van der Waals surface area (Å²) >= 11 is 28.8. The molecule has 2 nitrogen and oxygen atoms in total. The topological polar surface area (TPSA) is 37.3 Å². The van der Waals surface area contributed by atoms with Crippen LogP contribution < -0.4 is 0 Å². The molecule has 0 atom stereocenters. The smallest absolute Gasteiger partial charge is 0.300 e. The van der Waals surface area contributed by atoms with E-state index in [9.17, 15) is 0 Å². The Balaban J connectivity index is -0.000000101. The van der Waals surface area contributed by atoms with Crippen molar-refractivity contribution < 1.29 is 9.90 Å². The molecule has 76 valence electrons. The minimum absolute atomic E-state index is 0.750. The van der Waals surface area contributed by atoms with E-state index in [-0.39, 0.29) is 0 Å². The largest absolute Gasteiger partial charge is 0.481 e. The molecule has 0 spiro atoms. The number of hydrogen-bond acceptors (Lipinski definition) is 1. The molecule has 0 rings (SSSR count). The zero-order valence-corrected chi connectivity index (χ0v) is 10.3. The van der Waals surface area contributed by atoms with Gasteiger partial charge in [-0.3, -0.25) is 4.79 Å². The van der Waals surface area contributed by atoms with Crippen LogP contribution in [0.15, 0.2) is 0 Å². The Bertz CT molecular complexity index is 80.0. The summed E-state index contributed by atoms with van der Waals surface area (Å²) in [6, 6.07) is 0. The predicted octanol–water partition coefficient (Wildman–Crippen LogP) is 4.06. The van der Waals surface area contributed by atoms with Gasteiger partial charge < -0.3 is 5.11 Å². The van der Waals surface area contributed by atoms with E-state index in [1.165, 1.54) is 0 Å². The normalized spacial score (nSPS) is 8.08. The first-order valence-electron chi connectivity index (χ1n) is 2.24. The molecule has 0 aliphatic carbocycles. The van der Waals surface area contributed by atoms with E-state index in [0.717, 1.165) is 6.92 Å². The molecule has 1 N–H and O–H groups in total. The summed E-state index contributed by atoms with van der Waals surface area (Å²) in [5.41, 5.74) is 0. The first-order valence-corrected chi connectivity index (χ1v) is 4.86. The quantitative estimate of drug-likeness (QED) is 0.685. The Hall–Kier alpha value is 1.21. The van der Waals surface area contributed by atoms with Gasteiger partial charge in [0.2, 0.25) is 0 Å². The highest BCUT2D eigenvalue weighted by Crippen LogP contribution is 2.04. The molecule has 0 aromatic carbocycles. The Kier molecular flexibility index (Phi) is 23.2. The third-order valence-electron chi connectivity index (χ3n) is 0. The summed E-state index contributed by atoms with van der Waals surface area (Å²) in [5.74, 6) is -0.833. The molecule has 0 unspecified atom stereocenters. The SMILES string of the molecule is CC(=O)O.ClC(Cl)Cl.ClC(Cl)Cl. The van der Waals surface area contributed by atoms with Crippen LogP contribution in [0.4, 0.5) is 0 Å². The molecule has 0 aromatic heterocycles. The van der Waals surface area contributed by atoms with E-state index < -0.39 is 14.6 Å². The molecule has 0 heterocycles. The number of carboxylic acid groups (broad SMARTS) is 1. The van der Waals surface area contributed by atoms with Crippen molar-refractivity contribution in [3.63, 3.8) is 0 Å². The van der Waals surface area contributed by atoms with Gasteiger partial charge in [0, 0.05) is 6.92 Å². The summed E-state index contributed by atoms with van der Waals surface area (Å²) < 4.78 is -1.50. The zero-order chi connectivity index (χ0) is 10.7. The summed E-state index contributed by atoms with van der Waals surface area (Å²) in [6.45, 7) is 1.08. The number of hydrogen-bond donors (Lipinski definition) is 1. The van der Waals surface area contributed by atoms with Crippen LogP contribution in [0.1, 0.15) is 6.92 Å². The van der Waals surface area contributed by atoms with Crippen LogP contribution in [0.5, 0.6) is 0 Å². The number of alkyl halides is 6. The van der Waals surface area contributed by atoms with Crippen molar-refractivity contribution in [2.24, 2.45) is 0 Å². The summed E-state index contributed by atoms with van der Waals surface area (Å²) in [7, 11) is 0. The Labute approximate surface area is 101 Å². The zero-order valence-electron chi connectivity index (χ0n) is 5.78. The molecule has 0 bridgehead atoms. The number of halogens is 6. The fourth-order valence-electron chi connectivity index (χ4n) is 0. The third kappa shape index (κ3) is 798. The third-order valence-corrected chi connectivity index (χ3v) is 0. The molecule has 8 heteroatoms. The molecule has 0 radical (unpaired) electrons. The van der Waals surface area contributed by atoms with Crippen molar-refractivity contribution in [3.8, 4) is 0 Å². The van der Waals surface area contributed by atoms with Crippen molar-refractivity contribution in [1.82, 2.24) is 0 Å². The van der Waals surface area contributed by atoms with Crippen LogP contribution in [-0.2, 0) is 4.79 Å². The number of aliphatic carboxylic acids is 1. The fraction of sp³-hybridized carbons (Fsp3) is 0.750. The van der Waals surface area contributed by atoms with Gasteiger partial charge in [-0.1, -0.05) is 69.6 Å². The highest BCUT2D eigenvalue weighted by atomic mass is 35.6. The lowest BCUT2D eigenvalue weighted by Gasteiger charge is -1.69. The molecule has 0 aliphatic heterocycles. The van der Waals surface area contributed by atoms with Crippen LogP contribution >= 0.6 is 69.6 Å². The average Bonchev–Trinajstić information content (AvgIpc) is 1.54. The second-order valence-corrected chi connectivity index (χ2v) is 4.97. The molecular formula is C4H6Cl6O2. The van der Waals surface area contributed by atoms with Crippen molar-refractivity contribution in [2.75, 3.05) is 0 Å². The fourth-order valence-corrected chi connectivity index (χ4v) is 0. The van der Waals surface area contributed by atoms with Gasteiger partial charge in [0.15, 0.2) is 8.59 Å². The maximum Gasteiger partial charge on any atom is 0.300 e. The Morgan fingerprint density at radius 2 is 1.00 bits per heavy atom. The van der Waals surface area contributed by atoms with Gasteiger partial charge in [0.05, 0.1) is 0 Å². The number of carboxylic acids is 1. The van der Waals surface area contributed by atoms with E-state index in [2.05, 4.69) is 0 Å². The summed E-state index contributed by atoms with van der Waals surface area (Å²) in [5, 5.41) is 7.42. The summed E-state index contributed by atoms with van der Waals surface area (Å²) in [6.07, 6.45) is 0. The molecule has 0 aliphatic rings. The molecule has 0 fully saturated rings. The van der Waals surface area contributed by atoms with Gasteiger partial charge in [-0.2, -0.15) is 0 Å². The van der Waals surface area contributed by atoms with E-state index >= 15 is 0 Å². The molecular weight excluding hydrogens is 293 g/mol. The van der Waals surface area contributed by atoms with Crippen molar-refractivity contribution in [3.05, 3.63) is 0 Å². The van der Waals surface area contributed by atoms with Gasteiger partial charge in [-0.05, 0) is 0 Å². The van der Waals surface area contributed by atoms with E-state index in [0.29, 0.717) is 0 Å². The van der Waals surface area contributed by atoms with E-state index in [1.54, 1.807) is 0 Å². The molecule has 0 saturated carbocycles. The van der Waals surface area contributed by atoms with Gasteiger partial charge in [-0.15, -0.1) is 0 Å². The monoisotopic (exact) mass is 296 g/mol. The van der Waals surface area contributed by atoms with Crippen LogP contribution in [0.2, 0.25) is 0 Å². The number of rotatable bonds is 0. The van der Waals surface area contributed by atoms with Crippen molar-refractivity contribution >= 4 is 75.6 Å². The average molecular weight is 299 g/mol. The summed E-state index contributed by atoms with van der Waals surface area (Å²) in [4.78, 5) is 9.00. The molecule has 12 heavy (non-hydrogen) atoms. The van der Waals surface area contributed by atoms with Gasteiger partial charge in [0.25, 0.3) is 5.97 Å². The first kappa shape index (κ1) is 18.9. The van der Waals surface area contributed by atoms with E-state index in [1.807, 2.05) is 0 Å². The van der Waals surface area contributed by atoms with Crippen molar-refractivity contribution in [2.45, 2.75) is 15.5 Å². The van der Waals surface area contributed by atoms with E-state index in [4.69, 9.17) is 79.5 Å². The first-order chi connectivity index (χ1) is 5.20. The highest BCUT2D eigenvalue weighted by molar-refractivity contribution is 6.63. The highest BCUT2D eigenvalue weighted by Gasteiger charge is 1.79. The second-order valence-electron chi connectivity index (χ2n) is 1.01. The van der Waals surface area contributed by atoms with Crippen LogP contribution in [0.3, 0.4) is 0 Å². The van der Waals surface area contributed by atoms with Gasteiger partial charge in [0.1, 0.15) is 0 Å². The van der Waals surface area contributed by atoms with Crippen molar-refractivity contribution in [1.29, 1.82) is 0 Å². The Morgan fingerprint density at radius 3 is 1.00 bits per heavy atom. The van der Waals surface area contributed by atoms with Gasteiger partial charge in [-0.25, -0.2) is 0 Å². The van der Waals surface area contributed by atoms with Crippen LogP contribution in [0, 0.1) is 0 Å².